The summed E-state index contributed by atoms with van der Waals surface area (Å²) < 4.78 is 26.0. The lowest BCUT2D eigenvalue weighted by Gasteiger charge is -2.33. The number of carboxylic acids is 2. The lowest BCUT2D eigenvalue weighted by atomic mass is 9.82. The minimum Gasteiger partial charge on any atom is -0.481 e. The molecule has 230 valence electrons. The van der Waals surface area contributed by atoms with E-state index in [9.17, 15) is 19.8 Å². The summed E-state index contributed by atoms with van der Waals surface area (Å²) in [5.41, 5.74) is 0.737. The summed E-state index contributed by atoms with van der Waals surface area (Å²) in [7, 11) is -11.2. The van der Waals surface area contributed by atoms with E-state index in [0.717, 1.165) is 17.7 Å². The third kappa shape index (κ3) is 19.6. The molecular weight excluding hydrogens is 597 g/mol. The highest BCUT2D eigenvalue weighted by Gasteiger charge is 2.33. The predicted molar refractivity (Wildman–Crippen MR) is 176 cm³/mol. The van der Waals surface area contributed by atoms with Crippen LogP contribution in [0.25, 0.3) is 0 Å². The van der Waals surface area contributed by atoms with Crippen molar-refractivity contribution >= 4 is 63.8 Å². The molecule has 0 saturated carbocycles. The molecular formula is C25H58O8Si6. The van der Waals surface area contributed by atoms with Gasteiger partial charge in [-0.05, 0) is 115 Å². The van der Waals surface area contributed by atoms with Crippen molar-refractivity contribution in [3.63, 3.8) is 0 Å². The first-order valence-electron chi connectivity index (χ1n) is 14.2. The Kier molecular flexibility index (Phi) is 15.8. The minimum atomic E-state index is -1.97. The van der Waals surface area contributed by atoms with Gasteiger partial charge in [0.15, 0.2) is 33.3 Å². The van der Waals surface area contributed by atoms with Gasteiger partial charge in [0.1, 0.15) is 0 Å². The largest absolute Gasteiger partial charge is 0.481 e. The van der Waals surface area contributed by atoms with Gasteiger partial charge in [-0.25, -0.2) is 4.79 Å². The minimum absolute atomic E-state index is 0.00777. The molecule has 0 aromatic rings. The van der Waals surface area contributed by atoms with Crippen molar-refractivity contribution in [3.05, 3.63) is 11.1 Å². The molecule has 2 atom stereocenters. The highest BCUT2D eigenvalue weighted by atomic mass is 28.5. The van der Waals surface area contributed by atoms with Crippen LogP contribution in [0.3, 0.4) is 0 Å². The van der Waals surface area contributed by atoms with E-state index in [-0.39, 0.29) is 17.4 Å². The molecule has 0 bridgehead atoms. The monoisotopic (exact) mass is 654 g/mol. The fourth-order valence-electron chi connectivity index (χ4n) is 4.48. The fraction of sp³-hybridized carbons (Fsp3) is 0.840. The zero-order valence-corrected chi connectivity index (χ0v) is 33.5. The predicted octanol–water partition coefficient (Wildman–Crippen LogP) is 6.74. The Labute approximate surface area is 246 Å². The summed E-state index contributed by atoms with van der Waals surface area (Å²) in [4.78, 5) is 24.0. The molecule has 0 aromatic carbocycles. The Morgan fingerprint density at radius 3 is 1.10 bits per heavy atom. The topological polar surface area (TPSA) is 112 Å². The smallest absolute Gasteiger partial charge is 0.332 e. The van der Waals surface area contributed by atoms with Crippen molar-refractivity contribution in [2.24, 2.45) is 11.8 Å². The Morgan fingerprint density at radius 2 is 0.897 bits per heavy atom. The van der Waals surface area contributed by atoms with E-state index in [2.05, 4.69) is 78.6 Å². The van der Waals surface area contributed by atoms with E-state index in [1.54, 1.807) is 0 Å². The Bertz CT molecular complexity index is 744. The van der Waals surface area contributed by atoms with Gasteiger partial charge in [-0.15, -0.1) is 0 Å². The molecule has 14 heteroatoms. The number of hydrogen-bond acceptors (Lipinski definition) is 6. The van der Waals surface area contributed by atoms with Gasteiger partial charge in [-0.2, -0.15) is 0 Å². The molecule has 39 heavy (non-hydrogen) atoms. The number of carbonyl (C=O) groups is 2. The van der Waals surface area contributed by atoms with Gasteiger partial charge < -0.3 is 26.7 Å². The summed E-state index contributed by atoms with van der Waals surface area (Å²) in [6.07, 6.45) is 0.924. The quantitative estimate of drug-likeness (QED) is 0.116. The SMILES string of the molecule is CC(CC[SiH](O[Si](C)(C)C)O[Si](C)(C)C)C(=C(CC(=O)O)C(=O)O)C(C)CC[SiH](O[Si](C)(C)C)O[Si](C)(C)C. The van der Waals surface area contributed by atoms with Gasteiger partial charge >= 0.3 is 30.5 Å². The highest BCUT2D eigenvalue weighted by Crippen LogP contribution is 2.34. The maximum absolute atomic E-state index is 12.3. The van der Waals surface area contributed by atoms with E-state index in [4.69, 9.17) is 16.5 Å². The van der Waals surface area contributed by atoms with Gasteiger partial charge in [0.25, 0.3) is 0 Å². The van der Waals surface area contributed by atoms with Crippen LogP contribution in [0.15, 0.2) is 11.1 Å². The summed E-state index contributed by atoms with van der Waals surface area (Å²) in [6.45, 7) is 30.0. The molecule has 8 nitrogen and oxygen atoms in total. The molecule has 0 aliphatic carbocycles. The van der Waals surface area contributed by atoms with Gasteiger partial charge in [-0.3, -0.25) is 4.79 Å². The summed E-state index contributed by atoms with van der Waals surface area (Å²) >= 11 is 0. The van der Waals surface area contributed by atoms with E-state index >= 15 is 0 Å². The molecule has 2 unspecified atom stereocenters. The van der Waals surface area contributed by atoms with Crippen LogP contribution in [0.4, 0.5) is 0 Å². The van der Waals surface area contributed by atoms with Gasteiger partial charge in [0.2, 0.25) is 0 Å². The highest BCUT2D eigenvalue weighted by molar-refractivity contribution is 6.81. The third-order valence-corrected chi connectivity index (χ3v) is 22.7. The van der Waals surface area contributed by atoms with Crippen molar-refractivity contribution in [2.75, 3.05) is 0 Å². The number of aliphatic carboxylic acids is 2. The second kappa shape index (κ2) is 15.9. The van der Waals surface area contributed by atoms with Gasteiger partial charge in [0.05, 0.1) is 6.42 Å². The first-order chi connectivity index (χ1) is 17.3. The average Bonchev–Trinajstić information content (AvgIpc) is 2.64. The molecule has 0 rings (SSSR count). The van der Waals surface area contributed by atoms with Crippen LogP contribution >= 0.6 is 0 Å². The maximum atomic E-state index is 12.3. The summed E-state index contributed by atoms with van der Waals surface area (Å²) in [5.74, 6) is -2.49. The molecule has 0 aliphatic rings. The number of hydrogen-bond donors (Lipinski definition) is 2. The Balaban J connectivity index is 6.10. The Morgan fingerprint density at radius 1 is 0.615 bits per heavy atom. The Hall–Kier alpha value is -0.179. The molecule has 0 fully saturated rings. The maximum Gasteiger partial charge on any atom is 0.332 e. The molecule has 0 saturated heterocycles. The molecule has 0 heterocycles. The number of allylic oxidation sites excluding steroid dienone is 1. The zero-order valence-electron chi connectivity index (χ0n) is 27.2. The van der Waals surface area contributed by atoms with Crippen molar-refractivity contribution in [1.82, 2.24) is 0 Å². The van der Waals surface area contributed by atoms with Gasteiger partial charge in [0, 0.05) is 5.57 Å². The van der Waals surface area contributed by atoms with Crippen molar-refractivity contribution < 1.29 is 36.3 Å². The number of carboxylic acid groups (broad SMARTS) is 2. The zero-order chi connectivity index (χ0) is 31.0. The summed E-state index contributed by atoms with van der Waals surface area (Å²) in [5, 5.41) is 19.6. The molecule has 2 N–H and O–H groups in total. The van der Waals surface area contributed by atoms with E-state index in [1.807, 2.05) is 13.8 Å². The van der Waals surface area contributed by atoms with E-state index < -0.39 is 70.2 Å². The van der Waals surface area contributed by atoms with Crippen LogP contribution in [0.2, 0.25) is 90.7 Å². The van der Waals surface area contributed by atoms with Crippen molar-refractivity contribution in [1.29, 1.82) is 0 Å². The van der Waals surface area contributed by atoms with Gasteiger partial charge in [-0.1, -0.05) is 19.4 Å². The molecule has 0 spiro atoms. The normalized spacial score (nSPS) is 15.0. The molecule has 0 amide bonds. The average molecular weight is 655 g/mol. The van der Waals surface area contributed by atoms with Crippen LogP contribution in [0.5, 0.6) is 0 Å². The second-order valence-electron chi connectivity index (χ2n) is 14.5. The summed E-state index contributed by atoms with van der Waals surface area (Å²) in [6, 6.07) is 1.53. The third-order valence-electron chi connectivity index (χ3n) is 5.61. The lowest BCUT2D eigenvalue weighted by Crippen LogP contribution is -2.43. The second-order valence-corrected chi connectivity index (χ2v) is 38.1. The van der Waals surface area contributed by atoms with Crippen LogP contribution < -0.4 is 0 Å². The molecule has 0 aromatic heterocycles. The van der Waals surface area contributed by atoms with Crippen LogP contribution in [0, 0.1) is 11.8 Å². The van der Waals surface area contributed by atoms with E-state index in [0.29, 0.717) is 12.8 Å². The molecule has 0 aliphatic heterocycles. The number of rotatable bonds is 19. The lowest BCUT2D eigenvalue weighted by molar-refractivity contribution is -0.139. The van der Waals surface area contributed by atoms with Crippen LogP contribution in [-0.2, 0) is 26.0 Å². The van der Waals surface area contributed by atoms with Crippen molar-refractivity contribution in [3.8, 4) is 0 Å². The van der Waals surface area contributed by atoms with Crippen LogP contribution in [0.1, 0.15) is 33.1 Å². The van der Waals surface area contributed by atoms with E-state index in [1.165, 1.54) is 0 Å². The van der Waals surface area contributed by atoms with Crippen LogP contribution in [-0.4, -0.2) is 74.0 Å². The fourth-order valence-corrected chi connectivity index (χ4v) is 21.8. The van der Waals surface area contributed by atoms with Crippen molar-refractivity contribution in [2.45, 2.75) is 124 Å². The molecule has 0 radical (unpaired) electrons. The first-order valence-corrected chi connectivity index (χ1v) is 31.3. The standard InChI is InChI=1S/C25H58O8Si6/c1-20(15-17-34(30-36(3,4)5)31-37(6,7)8)24(22(25(28)29)19-23(26)27)21(2)16-18-35(32-38(9,10)11)33-39(12,13)14/h20-21,34-35H,15-19H2,1-14H3,(H,26,27)(H,28,29). The first kappa shape index (κ1) is 38.8.